The molecule has 0 bridgehead atoms. The Kier molecular flexibility index (Phi) is 4.46. The van der Waals surface area contributed by atoms with E-state index < -0.39 is 12.0 Å². The van der Waals surface area contributed by atoms with Gasteiger partial charge in [-0.3, -0.25) is 9.69 Å². The lowest BCUT2D eigenvalue weighted by Crippen LogP contribution is -2.39. The van der Waals surface area contributed by atoms with Crippen LogP contribution in [0.2, 0.25) is 5.02 Å². The van der Waals surface area contributed by atoms with Crippen molar-refractivity contribution in [2.45, 2.75) is 24.9 Å². The third kappa shape index (κ3) is 3.01. The summed E-state index contributed by atoms with van der Waals surface area (Å²) < 4.78 is 0. The van der Waals surface area contributed by atoms with Gasteiger partial charge in [-0.05, 0) is 36.1 Å². The van der Waals surface area contributed by atoms with E-state index in [1.54, 1.807) is 0 Å². The van der Waals surface area contributed by atoms with E-state index in [0.717, 1.165) is 24.1 Å². The molecule has 3 rings (SSSR count). The number of hydrogen-bond donors (Lipinski definition) is 1. The summed E-state index contributed by atoms with van der Waals surface area (Å²) in [7, 11) is 0. The van der Waals surface area contributed by atoms with Crippen LogP contribution in [0.5, 0.6) is 0 Å². The summed E-state index contributed by atoms with van der Waals surface area (Å²) in [6.45, 7) is 0.781. The zero-order valence-corrected chi connectivity index (χ0v) is 12.9. The fourth-order valence-corrected chi connectivity index (χ4v) is 3.45. The van der Waals surface area contributed by atoms with Gasteiger partial charge in [0.25, 0.3) is 0 Å². The molecular formula is C18H18ClNO2. The Morgan fingerprint density at radius 3 is 2.55 bits per heavy atom. The maximum atomic E-state index is 11.6. The molecule has 0 amide bonds. The first-order chi connectivity index (χ1) is 10.7. The quantitative estimate of drug-likeness (QED) is 0.927. The average molecular weight is 316 g/mol. The monoisotopic (exact) mass is 315 g/mol. The lowest BCUT2D eigenvalue weighted by molar-refractivity contribution is -0.142. The fraction of sp³-hybridized carbons (Fsp3) is 0.278. The number of carboxylic acid groups (broad SMARTS) is 1. The molecule has 22 heavy (non-hydrogen) atoms. The maximum Gasteiger partial charge on any atom is 0.320 e. The molecule has 1 aliphatic heterocycles. The van der Waals surface area contributed by atoms with E-state index in [-0.39, 0.29) is 6.04 Å². The molecule has 0 aliphatic carbocycles. The van der Waals surface area contributed by atoms with Crippen LogP contribution in [-0.2, 0) is 4.79 Å². The van der Waals surface area contributed by atoms with Gasteiger partial charge < -0.3 is 5.11 Å². The summed E-state index contributed by atoms with van der Waals surface area (Å²) in [5, 5.41) is 10.2. The van der Waals surface area contributed by atoms with Crippen LogP contribution in [-0.4, -0.2) is 28.6 Å². The molecule has 0 aromatic heterocycles. The molecule has 2 unspecified atom stereocenters. The Bertz CT molecular complexity index is 659. The summed E-state index contributed by atoms with van der Waals surface area (Å²) in [6, 6.07) is 17.2. The van der Waals surface area contributed by atoms with Gasteiger partial charge in [-0.2, -0.15) is 0 Å². The Labute approximate surface area is 135 Å². The van der Waals surface area contributed by atoms with Crippen molar-refractivity contribution in [3.8, 4) is 0 Å². The average Bonchev–Trinajstić information content (AvgIpc) is 2.98. The minimum absolute atomic E-state index is 0.0801. The highest BCUT2D eigenvalue weighted by Gasteiger charge is 2.36. The first-order valence-electron chi connectivity index (χ1n) is 7.46. The predicted octanol–water partition coefficient (Wildman–Crippen LogP) is 3.98. The van der Waals surface area contributed by atoms with E-state index in [2.05, 4.69) is 4.90 Å². The fourth-order valence-electron chi connectivity index (χ4n) is 3.25. The van der Waals surface area contributed by atoms with Crippen molar-refractivity contribution >= 4 is 17.6 Å². The number of benzene rings is 2. The zero-order chi connectivity index (χ0) is 15.5. The molecule has 4 heteroatoms. The van der Waals surface area contributed by atoms with Crippen molar-refractivity contribution in [3.05, 3.63) is 70.7 Å². The molecule has 3 nitrogen and oxygen atoms in total. The maximum absolute atomic E-state index is 11.6. The molecule has 0 saturated carbocycles. The minimum Gasteiger partial charge on any atom is -0.480 e. The van der Waals surface area contributed by atoms with Crippen molar-refractivity contribution in [1.82, 2.24) is 4.90 Å². The minimum atomic E-state index is -0.750. The molecule has 2 atom stereocenters. The van der Waals surface area contributed by atoms with Crippen molar-refractivity contribution in [3.63, 3.8) is 0 Å². The van der Waals surface area contributed by atoms with Gasteiger partial charge in [-0.25, -0.2) is 0 Å². The summed E-state index contributed by atoms with van der Waals surface area (Å²) >= 11 is 6.15. The molecule has 2 aromatic rings. The molecule has 1 aliphatic rings. The summed E-state index contributed by atoms with van der Waals surface area (Å²) in [6.07, 6.45) is 1.60. The Morgan fingerprint density at radius 1 is 1.14 bits per heavy atom. The molecular weight excluding hydrogens is 298 g/mol. The number of carboxylic acids is 1. The number of likely N-dealkylation sites (tertiary alicyclic amines) is 1. The number of aliphatic carboxylic acids is 1. The Hall–Kier alpha value is -1.84. The number of halogens is 1. The topological polar surface area (TPSA) is 40.5 Å². The lowest BCUT2D eigenvalue weighted by Gasteiger charge is -2.32. The predicted molar refractivity (Wildman–Crippen MR) is 87.1 cm³/mol. The molecule has 2 aromatic carbocycles. The van der Waals surface area contributed by atoms with E-state index in [4.69, 9.17) is 11.6 Å². The second-order valence-corrected chi connectivity index (χ2v) is 6.04. The highest BCUT2D eigenvalue weighted by molar-refractivity contribution is 6.30. The van der Waals surface area contributed by atoms with E-state index in [0.29, 0.717) is 11.4 Å². The van der Waals surface area contributed by atoms with E-state index >= 15 is 0 Å². The van der Waals surface area contributed by atoms with Crippen molar-refractivity contribution in [2.75, 3.05) is 6.54 Å². The van der Waals surface area contributed by atoms with Crippen molar-refractivity contribution in [2.24, 2.45) is 0 Å². The van der Waals surface area contributed by atoms with Gasteiger partial charge in [-0.15, -0.1) is 0 Å². The van der Waals surface area contributed by atoms with Crippen LogP contribution < -0.4 is 0 Å². The SMILES string of the molecule is O=C(O)C1CCCN1C(c1ccccc1)c1cccc(Cl)c1. The normalized spacial score (nSPS) is 20.0. The molecule has 1 heterocycles. The molecule has 0 radical (unpaired) electrons. The van der Waals surface area contributed by atoms with Crippen LogP contribution in [0, 0.1) is 0 Å². The number of nitrogens with zero attached hydrogens (tertiary/aromatic N) is 1. The van der Waals surface area contributed by atoms with Crippen molar-refractivity contribution in [1.29, 1.82) is 0 Å². The standard InChI is InChI=1S/C18H18ClNO2/c19-15-9-4-8-14(12-15)17(13-6-2-1-3-7-13)20-11-5-10-16(20)18(21)22/h1-4,6-9,12,16-17H,5,10-11H2,(H,21,22). The lowest BCUT2D eigenvalue weighted by atomic mass is 9.96. The van der Waals surface area contributed by atoms with Crippen LogP contribution >= 0.6 is 11.6 Å². The Morgan fingerprint density at radius 2 is 1.86 bits per heavy atom. The van der Waals surface area contributed by atoms with Gasteiger partial charge in [0.2, 0.25) is 0 Å². The van der Waals surface area contributed by atoms with Crippen molar-refractivity contribution < 1.29 is 9.90 Å². The van der Waals surface area contributed by atoms with Gasteiger partial charge in [0.05, 0.1) is 6.04 Å². The number of carbonyl (C=O) groups is 1. The van der Waals surface area contributed by atoms with Crippen LogP contribution in [0.4, 0.5) is 0 Å². The molecule has 1 saturated heterocycles. The highest BCUT2D eigenvalue weighted by atomic mass is 35.5. The van der Waals surface area contributed by atoms with Crippen LogP contribution in [0.1, 0.15) is 30.0 Å². The van der Waals surface area contributed by atoms with E-state index in [9.17, 15) is 9.90 Å². The Balaban J connectivity index is 2.05. The largest absolute Gasteiger partial charge is 0.480 e. The summed E-state index contributed by atoms with van der Waals surface area (Å²) in [5.74, 6) is -0.750. The summed E-state index contributed by atoms with van der Waals surface area (Å²) in [5.41, 5.74) is 2.13. The number of hydrogen-bond acceptors (Lipinski definition) is 2. The summed E-state index contributed by atoms with van der Waals surface area (Å²) in [4.78, 5) is 13.7. The second kappa shape index (κ2) is 6.51. The molecule has 114 valence electrons. The number of rotatable bonds is 4. The first-order valence-corrected chi connectivity index (χ1v) is 7.83. The van der Waals surface area contributed by atoms with Gasteiger partial charge in [0.1, 0.15) is 6.04 Å². The van der Waals surface area contributed by atoms with Crippen LogP contribution in [0.15, 0.2) is 54.6 Å². The third-order valence-electron chi connectivity index (χ3n) is 4.19. The molecule has 1 N–H and O–H groups in total. The smallest absolute Gasteiger partial charge is 0.320 e. The molecule has 1 fully saturated rings. The second-order valence-electron chi connectivity index (χ2n) is 5.60. The highest BCUT2D eigenvalue weighted by Crippen LogP contribution is 2.35. The molecule has 0 spiro atoms. The van der Waals surface area contributed by atoms with E-state index in [1.165, 1.54) is 0 Å². The van der Waals surface area contributed by atoms with Gasteiger partial charge >= 0.3 is 5.97 Å². The van der Waals surface area contributed by atoms with Gasteiger partial charge in [0.15, 0.2) is 0 Å². The van der Waals surface area contributed by atoms with E-state index in [1.807, 2.05) is 54.6 Å². The zero-order valence-electron chi connectivity index (χ0n) is 12.2. The first kappa shape index (κ1) is 15.1. The van der Waals surface area contributed by atoms with Crippen LogP contribution in [0.25, 0.3) is 0 Å². The van der Waals surface area contributed by atoms with Crippen LogP contribution in [0.3, 0.4) is 0 Å². The van der Waals surface area contributed by atoms with Gasteiger partial charge in [-0.1, -0.05) is 54.1 Å². The third-order valence-corrected chi connectivity index (χ3v) is 4.43. The van der Waals surface area contributed by atoms with Gasteiger partial charge in [0, 0.05) is 11.6 Å².